The molecule has 0 aromatic carbocycles. The zero-order valence-corrected chi connectivity index (χ0v) is 12.1. The Morgan fingerprint density at radius 1 is 1.26 bits per heavy atom. The van der Waals surface area contributed by atoms with Gasteiger partial charge in [0.05, 0.1) is 11.9 Å². The molecular formula is C14H22N2O2S. The summed E-state index contributed by atoms with van der Waals surface area (Å²) in [4.78, 5) is 16.6. The van der Waals surface area contributed by atoms with Crippen LogP contribution in [0.2, 0.25) is 0 Å². The predicted octanol–water partition coefficient (Wildman–Crippen LogP) is 2.19. The fourth-order valence-corrected chi connectivity index (χ4v) is 4.26. The fourth-order valence-electron chi connectivity index (χ4n) is 3.14. The van der Waals surface area contributed by atoms with Crippen molar-refractivity contribution >= 4 is 22.8 Å². The minimum absolute atomic E-state index is 0.0209. The molecule has 0 spiro atoms. The molecule has 3 fully saturated rings. The highest BCUT2D eigenvalue weighted by molar-refractivity contribution is 8.15. The van der Waals surface area contributed by atoms with Crippen molar-refractivity contribution in [3.63, 3.8) is 0 Å². The number of hydrogen-bond donors (Lipinski definition) is 1. The Balaban J connectivity index is 1.53. The Kier molecular flexibility index (Phi) is 4.43. The van der Waals surface area contributed by atoms with Crippen molar-refractivity contribution in [3.8, 4) is 0 Å². The maximum absolute atomic E-state index is 12.0. The van der Waals surface area contributed by atoms with Crippen LogP contribution in [0.15, 0.2) is 4.99 Å². The molecule has 2 heterocycles. The van der Waals surface area contributed by atoms with Crippen LogP contribution in [0.3, 0.4) is 0 Å². The number of amides is 1. The van der Waals surface area contributed by atoms with E-state index in [1.807, 2.05) is 0 Å². The molecule has 1 aliphatic carbocycles. The number of carbonyl (C=O) groups excluding carboxylic acids is 1. The first-order chi connectivity index (χ1) is 9.33. The van der Waals surface area contributed by atoms with Gasteiger partial charge in [-0.3, -0.25) is 9.79 Å². The van der Waals surface area contributed by atoms with Crippen molar-refractivity contribution in [2.45, 2.75) is 43.8 Å². The molecule has 19 heavy (non-hydrogen) atoms. The lowest BCUT2D eigenvalue weighted by Gasteiger charge is -2.19. The van der Waals surface area contributed by atoms with Gasteiger partial charge in [0.25, 0.3) is 0 Å². The summed E-state index contributed by atoms with van der Waals surface area (Å²) in [6.07, 6.45) is 7.67. The molecular weight excluding hydrogens is 260 g/mol. The molecule has 5 heteroatoms. The van der Waals surface area contributed by atoms with Gasteiger partial charge in [-0.1, -0.05) is 31.0 Å². The fraction of sp³-hybridized carbons (Fsp3) is 0.857. The lowest BCUT2D eigenvalue weighted by Crippen LogP contribution is -2.30. The van der Waals surface area contributed by atoms with Gasteiger partial charge in [0, 0.05) is 19.1 Å². The van der Waals surface area contributed by atoms with Gasteiger partial charge in [0.1, 0.15) is 0 Å². The average Bonchev–Trinajstić information content (AvgIpc) is 3.07. The van der Waals surface area contributed by atoms with Crippen LogP contribution in [-0.2, 0) is 9.53 Å². The first-order valence-electron chi connectivity index (χ1n) is 7.42. The number of thioether (sulfide) groups is 1. The van der Waals surface area contributed by atoms with Crippen molar-refractivity contribution in [1.29, 1.82) is 0 Å². The molecule has 0 radical (unpaired) electrons. The van der Waals surface area contributed by atoms with Crippen molar-refractivity contribution in [2.75, 3.05) is 19.8 Å². The van der Waals surface area contributed by atoms with Crippen LogP contribution in [0.5, 0.6) is 0 Å². The summed E-state index contributed by atoms with van der Waals surface area (Å²) in [6, 6.07) is 0. The van der Waals surface area contributed by atoms with E-state index in [2.05, 4.69) is 10.3 Å². The number of hydrogen-bond acceptors (Lipinski definition) is 4. The lowest BCUT2D eigenvalue weighted by atomic mass is 9.89. The lowest BCUT2D eigenvalue weighted by molar-refractivity contribution is -0.119. The minimum atomic E-state index is 0.0209. The van der Waals surface area contributed by atoms with Crippen LogP contribution in [0.25, 0.3) is 0 Å². The number of carbonyl (C=O) groups is 1. The monoisotopic (exact) mass is 282 g/mol. The van der Waals surface area contributed by atoms with Crippen LogP contribution in [0.1, 0.15) is 38.5 Å². The van der Waals surface area contributed by atoms with Gasteiger partial charge in [-0.2, -0.15) is 0 Å². The Morgan fingerprint density at radius 2 is 2.11 bits per heavy atom. The van der Waals surface area contributed by atoms with Crippen molar-refractivity contribution in [2.24, 2.45) is 16.8 Å². The van der Waals surface area contributed by atoms with E-state index >= 15 is 0 Å². The van der Waals surface area contributed by atoms with Gasteiger partial charge in [0.2, 0.25) is 5.91 Å². The van der Waals surface area contributed by atoms with Gasteiger partial charge < -0.3 is 10.1 Å². The van der Waals surface area contributed by atoms with E-state index in [9.17, 15) is 4.79 Å². The van der Waals surface area contributed by atoms with Crippen LogP contribution in [0.4, 0.5) is 0 Å². The maximum Gasteiger partial charge on any atom is 0.239 e. The second-order valence-corrected chi connectivity index (χ2v) is 6.93. The number of nitrogens with zero attached hydrogens (tertiary/aromatic N) is 1. The highest BCUT2D eigenvalue weighted by atomic mass is 32.2. The molecule has 0 aromatic heterocycles. The molecule has 0 aromatic rings. The molecule has 106 valence electrons. The largest absolute Gasteiger partial charge is 0.381 e. The second-order valence-electron chi connectivity index (χ2n) is 5.80. The van der Waals surface area contributed by atoms with Crippen molar-refractivity contribution < 1.29 is 9.53 Å². The third-order valence-electron chi connectivity index (χ3n) is 4.34. The van der Waals surface area contributed by atoms with E-state index < -0.39 is 0 Å². The van der Waals surface area contributed by atoms with E-state index in [4.69, 9.17) is 4.74 Å². The molecule has 4 nitrogen and oxygen atoms in total. The van der Waals surface area contributed by atoms with Gasteiger partial charge in [-0.05, 0) is 25.2 Å². The van der Waals surface area contributed by atoms with Crippen LogP contribution in [-0.4, -0.2) is 36.1 Å². The third kappa shape index (κ3) is 3.31. The van der Waals surface area contributed by atoms with Gasteiger partial charge >= 0.3 is 0 Å². The van der Waals surface area contributed by atoms with Crippen LogP contribution < -0.4 is 5.32 Å². The van der Waals surface area contributed by atoms with E-state index in [0.29, 0.717) is 5.92 Å². The zero-order chi connectivity index (χ0) is 13.1. The molecule has 2 atom stereocenters. The number of rotatable bonds is 3. The topological polar surface area (TPSA) is 50.7 Å². The van der Waals surface area contributed by atoms with E-state index in [0.717, 1.165) is 37.3 Å². The van der Waals surface area contributed by atoms with E-state index in [-0.39, 0.29) is 11.2 Å². The quantitative estimate of drug-likeness (QED) is 0.863. The van der Waals surface area contributed by atoms with Crippen molar-refractivity contribution in [1.82, 2.24) is 5.32 Å². The number of nitrogens with one attached hydrogen (secondary N) is 1. The van der Waals surface area contributed by atoms with Gasteiger partial charge in [0.15, 0.2) is 5.17 Å². The summed E-state index contributed by atoms with van der Waals surface area (Å²) >= 11 is 1.61. The minimum Gasteiger partial charge on any atom is -0.381 e. The van der Waals surface area contributed by atoms with Crippen LogP contribution >= 0.6 is 11.8 Å². The first kappa shape index (κ1) is 13.4. The summed E-state index contributed by atoms with van der Waals surface area (Å²) in [5.41, 5.74) is 0. The van der Waals surface area contributed by atoms with Gasteiger partial charge in [-0.25, -0.2) is 0 Å². The Labute approximate surface area is 118 Å². The SMILES string of the molecule is O=C1NC(=NCC2CCCCC2)SC1[C@@H]1CCOC1. The highest BCUT2D eigenvalue weighted by Crippen LogP contribution is 2.31. The summed E-state index contributed by atoms with van der Waals surface area (Å²) in [5.74, 6) is 1.22. The van der Waals surface area contributed by atoms with Crippen molar-refractivity contribution in [3.05, 3.63) is 0 Å². The molecule has 2 saturated heterocycles. The Morgan fingerprint density at radius 3 is 2.84 bits per heavy atom. The normalized spacial score (nSPS) is 34.9. The predicted molar refractivity (Wildman–Crippen MR) is 77.3 cm³/mol. The molecule has 3 aliphatic rings. The van der Waals surface area contributed by atoms with Crippen LogP contribution in [0, 0.1) is 11.8 Å². The average molecular weight is 282 g/mol. The summed E-state index contributed by atoms with van der Waals surface area (Å²) in [5, 5.41) is 3.80. The molecule has 2 aliphatic heterocycles. The third-order valence-corrected chi connectivity index (χ3v) is 5.65. The molecule has 1 N–H and O–H groups in total. The molecule has 1 amide bonds. The van der Waals surface area contributed by atoms with E-state index in [1.54, 1.807) is 11.8 Å². The summed E-state index contributed by atoms with van der Waals surface area (Å²) < 4.78 is 5.38. The zero-order valence-electron chi connectivity index (χ0n) is 11.3. The molecule has 0 bridgehead atoms. The maximum atomic E-state index is 12.0. The number of amidine groups is 1. The molecule has 1 saturated carbocycles. The Bertz CT molecular complexity index is 360. The highest BCUT2D eigenvalue weighted by Gasteiger charge is 2.38. The number of ether oxygens (including phenoxy) is 1. The standard InChI is InChI=1S/C14H22N2O2S/c17-13-12(11-6-7-18-9-11)19-14(16-13)15-8-10-4-2-1-3-5-10/h10-12H,1-9H2,(H,15,16,17)/t11-,12?/m1/s1. The summed E-state index contributed by atoms with van der Waals surface area (Å²) in [6.45, 7) is 2.40. The summed E-state index contributed by atoms with van der Waals surface area (Å²) in [7, 11) is 0. The first-order valence-corrected chi connectivity index (χ1v) is 8.30. The van der Waals surface area contributed by atoms with Gasteiger partial charge in [-0.15, -0.1) is 0 Å². The Hall–Kier alpha value is -0.550. The smallest absolute Gasteiger partial charge is 0.239 e. The second kappa shape index (κ2) is 6.27. The van der Waals surface area contributed by atoms with E-state index in [1.165, 1.54) is 32.1 Å². The molecule has 3 rings (SSSR count). The molecule has 1 unspecified atom stereocenters. The number of aliphatic imine (C=N–C) groups is 1.